The van der Waals surface area contributed by atoms with Crippen LogP contribution in [0.15, 0.2) is 0 Å². The SMILES string of the molecule is CN(CCCC1CCCC1)CCNC1CC1. The van der Waals surface area contributed by atoms with Crippen molar-refractivity contribution in [2.24, 2.45) is 5.92 Å². The number of hydrogen-bond acceptors (Lipinski definition) is 2. The Kier molecular flexibility index (Phi) is 5.11. The summed E-state index contributed by atoms with van der Waals surface area (Å²) in [7, 11) is 2.27. The lowest BCUT2D eigenvalue weighted by molar-refractivity contribution is 0.310. The molecule has 0 bridgehead atoms. The molecule has 0 radical (unpaired) electrons. The summed E-state index contributed by atoms with van der Waals surface area (Å²) < 4.78 is 0. The minimum atomic E-state index is 0.867. The Labute approximate surface area is 101 Å². The summed E-state index contributed by atoms with van der Waals surface area (Å²) in [4.78, 5) is 2.49. The van der Waals surface area contributed by atoms with Gasteiger partial charge in [-0.3, -0.25) is 0 Å². The Bertz CT molecular complexity index is 183. The molecule has 16 heavy (non-hydrogen) atoms. The Hall–Kier alpha value is -0.0800. The maximum absolute atomic E-state index is 3.58. The first-order chi connectivity index (χ1) is 7.84. The lowest BCUT2D eigenvalue weighted by Crippen LogP contribution is -2.31. The van der Waals surface area contributed by atoms with E-state index >= 15 is 0 Å². The van der Waals surface area contributed by atoms with Crippen LogP contribution in [0.4, 0.5) is 0 Å². The van der Waals surface area contributed by atoms with Crippen molar-refractivity contribution in [1.82, 2.24) is 10.2 Å². The van der Waals surface area contributed by atoms with E-state index < -0.39 is 0 Å². The third-order valence-corrected chi connectivity index (χ3v) is 4.13. The minimum Gasteiger partial charge on any atom is -0.313 e. The van der Waals surface area contributed by atoms with Crippen molar-refractivity contribution >= 4 is 0 Å². The van der Waals surface area contributed by atoms with Gasteiger partial charge in [-0.1, -0.05) is 25.7 Å². The quantitative estimate of drug-likeness (QED) is 0.682. The maximum Gasteiger partial charge on any atom is 0.0104 e. The van der Waals surface area contributed by atoms with Gasteiger partial charge in [-0.25, -0.2) is 0 Å². The van der Waals surface area contributed by atoms with Gasteiger partial charge in [-0.05, 0) is 45.2 Å². The molecule has 0 spiro atoms. The van der Waals surface area contributed by atoms with Crippen molar-refractivity contribution in [3.05, 3.63) is 0 Å². The molecule has 1 N–H and O–H groups in total. The summed E-state index contributed by atoms with van der Waals surface area (Å²) in [6.45, 7) is 3.70. The zero-order valence-electron chi connectivity index (χ0n) is 10.9. The van der Waals surface area contributed by atoms with Gasteiger partial charge in [-0.2, -0.15) is 0 Å². The summed E-state index contributed by atoms with van der Waals surface area (Å²) in [5, 5.41) is 3.58. The van der Waals surface area contributed by atoms with Crippen molar-refractivity contribution in [1.29, 1.82) is 0 Å². The Balaban J connectivity index is 1.41. The fourth-order valence-electron chi connectivity index (χ4n) is 2.81. The maximum atomic E-state index is 3.58. The molecule has 2 aliphatic carbocycles. The zero-order valence-corrected chi connectivity index (χ0v) is 10.9. The van der Waals surface area contributed by atoms with E-state index in [2.05, 4.69) is 17.3 Å². The number of likely N-dealkylation sites (N-methyl/N-ethyl adjacent to an activating group) is 1. The summed E-state index contributed by atoms with van der Waals surface area (Å²) in [6.07, 6.45) is 11.7. The van der Waals surface area contributed by atoms with Gasteiger partial charge >= 0.3 is 0 Å². The van der Waals surface area contributed by atoms with Crippen LogP contribution >= 0.6 is 0 Å². The normalized spacial score (nSPS) is 22.1. The first-order valence-electron chi connectivity index (χ1n) is 7.26. The third kappa shape index (κ3) is 4.84. The molecule has 0 heterocycles. The van der Waals surface area contributed by atoms with E-state index in [1.807, 2.05) is 0 Å². The topological polar surface area (TPSA) is 15.3 Å². The average molecular weight is 224 g/mol. The molecule has 0 aromatic rings. The fraction of sp³-hybridized carbons (Fsp3) is 1.00. The van der Waals surface area contributed by atoms with Gasteiger partial charge in [-0.15, -0.1) is 0 Å². The van der Waals surface area contributed by atoms with Crippen molar-refractivity contribution in [2.75, 3.05) is 26.7 Å². The molecule has 0 atom stereocenters. The van der Waals surface area contributed by atoms with Crippen LogP contribution in [-0.2, 0) is 0 Å². The highest BCUT2D eigenvalue weighted by atomic mass is 15.1. The number of rotatable bonds is 8. The van der Waals surface area contributed by atoms with Crippen molar-refractivity contribution < 1.29 is 0 Å². The van der Waals surface area contributed by atoms with E-state index in [1.54, 1.807) is 0 Å². The standard InChI is InChI=1S/C14H28N2/c1-16(12-10-15-14-8-9-14)11-4-7-13-5-2-3-6-13/h13-15H,2-12H2,1H3. The van der Waals surface area contributed by atoms with Gasteiger partial charge in [0.2, 0.25) is 0 Å². The van der Waals surface area contributed by atoms with Gasteiger partial charge < -0.3 is 10.2 Å². The molecule has 94 valence electrons. The predicted molar refractivity (Wildman–Crippen MR) is 69.7 cm³/mol. The van der Waals surface area contributed by atoms with Gasteiger partial charge in [0, 0.05) is 19.1 Å². The molecular weight excluding hydrogens is 196 g/mol. The largest absolute Gasteiger partial charge is 0.313 e. The first-order valence-corrected chi connectivity index (χ1v) is 7.26. The number of nitrogens with zero attached hydrogens (tertiary/aromatic N) is 1. The molecule has 0 aliphatic heterocycles. The highest BCUT2D eigenvalue weighted by Gasteiger charge is 2.19. The van der Waals surface area contributed by atoms with E-state index in [0.29, 0.717) is 0 Å². The Morgan fingerprint density at radius 3 is 2.50 bits per heavy atom. The molecular formula is C14H28N2. The molecule has 0 amide bonds. The summed E-state index contributed by atoms with van der Waals surface area (Å²) >= 11 is 0. The van der Waals surface area contributed by atoms with Crippen molar-refractivity contribution in [2.45, 2.75) is 57.4 Å². The second-order valence-corrected chi connectivity index (χ2v) is 5.82. The molecule has 0 aromatic heterocycles. The van der Waals surface area contributed by atoms with Gasteiger partial charge in [0.15, 0.2) is 0 Å². The van der Waals surface area contributed by atoms with Gasteiger partial charge in [0.05, 0.1) is 0 Å². The smallest absolute Gasteiger partial charge is 0.0104 e. The predicted octanol–water partition coefficient (Wildman–Crippen LogP) is 2.64. The molecule has 2 aliphatic rings. The molecule has 2 heteroatoms. The Morgan fingerprint density at radius 1 is 1.06 bits per heavy atom. The van der Waals surface area contributed by atoms with Gasteiger partial charge in [0.1, 0.15) is 0 Å². The van der Waals surface area contributed by atoms with Crippen LogP contribution in [0.5, 0.6) is 0 Å². The summed E-state index contributed by atoms with van der Waals surface area (Å²) in [6, 6.07) is 0.867. The molecule has 2 rings (SSSR count). The first kappa shape index (κ1) is 12.4. The highest BCUT2D eigenvalue weighted by Crippen LogP contribution is 2.28. The van der Waals surface area contributed by atoms with E-state index in [-0.39, 0.29) is 0 Å². The number of hydrogen-bond donors (Lipinski definition) is 1. The summed E-state index contributed by atoms with van der Waals surface area (Å²) in [5.74, 6) is 1.07. The van der Waals surface area contributed by atoms with Crippen LogP contribution in [0, 0.1) is 5.92 Å². The van der Waals surface area contributed by atoms with E-state index in [9.17, 15) is 0 Å². The molecule has 0 aromatic carbocycles. The average Bonchev–Trinajstić information content (AvgIpc) is 2.94. The monoisotopic (exact) mass is 224 g/mol. The molecule has 2 saturated carbocycles. The van der Waals surface area contributed by atoms with E-state index in [4.69, 9.17) is 0 Å². The second kappa shape index (κ2) is 6.61. The van der Waals surface area contributed by atoms with Crippen molar-refractivity contribution in [3.8, 4) is 0 Å². The summed E-state index contributed by atoms with van der Waals surface area (Å²) in [5.41, 5.74) is 0. The van der Waals surface area contributed by atoms with Crippen LogP contribution < -0.4 is 5.32 Å². The highest BCUT2D eigenvalue weighted by molar-refractivity contribution is 4.80. The van der Waals surface area contributed by atoms with Crippen LogP contribution in [0.1, 0.15) is 51.4 Å². The zero-order chi connectivity index (χ0) is 11.2. The van der Waals surface area contributed by atoms with Crippen LogP contribution in [0.25, 0.3) is 0 Å². The molecule has 0 saturated heterocycles. The van der Waals surface area contributed by atoms with E-state index in [0.717, 1.165) is 12.0 Å². The minimum absolute atomic E-state index is 0.867. The Morgan fingerprint density at radius 2 is 1.81 bits per heavy atom. The molecule has 2 fully saturated rings. The van der Waals surface area contributed by atoms with E-state index in [1.165, 1.54) is 71.0 Å². The van der Waals surface area contributed by atoms with Crippen LogP contribution in [0.2, 0.25) is 0 Å². The molecule has 2 nitrogen and oxygen atoms in total. The van der Waals surface area contributed by atoms with Crippen LogP contribution in [-0.4, -0.2) is 37.6 Å². The van der Waals surface area contributed by atoms with Gasteiger partial charge in [0.25, 0.3) is 0 Å². The fourth-order valence-corrected chi connectivity index (χ4v) is 2.81. The molecule has 0 unspecified atom stereocenters. The lowest BCUT2D eigenvalue weighted by atomic mass is 10.0. The second-order valence-electron chi connectivity index (χ2n) is 5.82. The third-order valence-electron chi connectivity index (χ3n) is 4.13. The van der Waals surface area contributed by atoms with Crippen LogP contribution in [0.3, 0.4) is 0 Å². The van der Waals surface area contributed by atoms with Crippen molar-refractivity contribution in [3.63, 3.8) is 0 Å². The lowest BCUT2D eigenvalue weighted by Gasteiger charge is -2.18. The number of nitrogens with one attached hydrogen (secondary N) is 1.